The van der Waals surface area contributed by atoms with Crippen molar-refractivity contribution in [3.8, 4) is 0 Å². The number of rotatable bonds is 3. The number of Topliss-reactive ketones (excluding diaryl/α,β-unsaturated/α-hetero) is 1. The van der Waals surface area contributed by atoms with Crippen LogP contribution in [0.15, 0.2) is 24.5 Å². The van der Waals surface area contributed by atoms with E-state index in [1.54, 1.807) is 17.6 Å². The van der Waals surface area contributed by atoms with E-state index in [-0.39, 0.29) is 11.7 Å². The van der Waals surface area contributed by atoms with Gasteiger partial charge in [0.15, 0.2) is 5.65 Å². The lowest BCUT2D eigenvalue weighted by Crippen LogP contribution is -2.10. The summed E-state index contributed by atoms with van der Waals surface area (Å²) in [5.74, 6) is 0.0683. The largest absolute Gasteiger partial charge is 0.299 e. The van der Waals surface area contributed by atoms with Crippen molar-refractivity contribution in [2.75, 3.05) is 0 Å². The predicted octanol–water partition coefficient (Wildman–Crippen LogP) is 1.81. The molecule has 0 saturated carbocycles. The van der Waals surface area contributed by atoms with Gasteiger partial charge in [0.1, 0.15) is 5.78 Å². The Balaban J connectivity index is 2.46. The summed E-state index contributed by atoms with van der Waals surface area (Å²) in [7, 11) is 0. The number of hydrogen-bond donors (Lipinski definition) is 0. The van der Waals surface area contributed by atoms with Crippen LogP contribution < -0.4 is 0 Å². The molecule has 15 heavy (non-hydrogen) atoms. The van der Waals surface area contributed by atoms with Gasteiger partial charge < -0.3 is 0 Å². The lowest BCUT2D eigenvalue weighted by molar-refractivity contribution is -0.118. The number of aromatic nitrogens is 3. The van der Waals surface area contributed by atoms with Crippen LogP contribution in [0.5, 0.6) is 0 Å². The molecule has 2 heterocycles. The molecule has 4 nitrogen and oxygen atoms in total. The van der Waals surface area contributed by atoms with Gasteiger partial charge in [-0.2, -0.15) is 5.10 Å². The molecule has 0 amide bonds. The Kier molecular flexibility index (Phi) is 2.49. The number of hydrogen-bond acceptors (Lipinski definition) is 3. The van der Waals surface area contributed by atoms with Crippen molar-refractivity contribution in [3.63, 3.8) is 0 Å². The van der Waals surface area contributed by atoms with Crippen LogP contribution in [0.1, 0.15) is 31.9 Å². The van der Waals surface area contributed by atoms with Crippen LogP contribution >= 0.6 is 0 Å². The van der Waals surface area contributed by atoms with Crippen molar-refractivity contribution in [2.45, 2.75) is 26.2 Å². The molecule has 0 saturated heterocycles. The topological polar surface area (TPSA) is 47.3 Å². The third kappa shape index (κ3) is 1.75. The fourth-order valence-electron chi connectivity index (χ4n) is 1.73. The van der Waals surface area contributed by atoms with Crippen LogP contribution in [0.3, 0.4) is 0 Å². The zero-order valence-electron chi connectivity index (χ0n) is 8.84. The van der Waals surface area contributed by atoms with Gasteiger partial charge in [-0.3, -0.25) is 4.79 Å². The third-order valence-electron chi connectivity index (χ3n) is 2.54. The van der Waals surface area contributed by atoms with Gasteiger partial charge in [-0.25, -0.2) is 9.50 Å². The summed E-state index contributed by atoms with van der Waals surface area (Å²) in [6, 6.07) is 3.69. The first kappa shape index (κ1) is 9.83. The predicted molar refractivity (Wildman–Crippen MR) is 56.7 cm³/mol. The Labute approximate surface area is 87.9 Å². The Bertz CT molecular complexity index is 489. The highest BCUT2D eigenvalue weighted by Gasteiger charge is 2.16. The highest BCUT2D eigenvalue weighted by molar-refractivity contribution is 5.82. The van der Waals surface area contributed by atoms with Crippen molar-refractivity contribution in [1.29, 1.82) is 0 Å². The first-order valence-corrected chi connectivity index (χ1v) is 5.03. The lowest BCUT2D eigenvalue weighted by Gasteiger charge is -2.10. The van der Waals surface area contributed by atoms with Gasteiger partial charge >= 0.3 is 0 Å². The van der Waals surface area contributed by atoms with E-state index in [2.05, 4.69) is 10.1 Å². The average molecular weight is 203 g/mol. The summed E-state index contributed by atoms with van der Waals surface area (Å²) < 4.78 is 1.69. The zero-order valence-corrected chi connectivity index (χ0v) is 8.84. The van der Waals surface area contributed by atoms with Gasteiger partial charge in [-0.15, -0.1) is 0 Å². The van der Waals surface area contributed by atoms with Crippen molar-refractivity contribution in [2.24, 2.45) is 0 Å². The van der Waals surface area contributed by atoms with Gasteiger partial charge in [0, 0.05) is 12.3 Å². The number of carbonyl (C=O) groups excluding carboxylic acids is 1. The van der Waals surface area contributed by atoms with E-state index in [1.807, 2.05) is 25.3 Å². The second-order valence-electron chi connectivity index (χ2n) is 3.56. The van der Waals surface area contributed by atoms with E-state index in [0.717, 1.165) is 17.8 Å². The third-order valence-corrected chi connectivity index (χ3v) is 2.54. The number of carbonyl (C=O) groups is 1. The maximum atomic E-state index is 11.4. The molecule has 0 aliphatic heterocycles. The normalized spacial score (nSPS) is 12.9. The Hall–Kier alpha value is -1.71. The molecule has 4 heteroatoms. The number of ketones is 1. The second-order valence-corrected chi connectivity index (χ2v) is 3.56. The number of nitrogens with zero attached hydrogens (tertiary/aromatic N) is 3. The van der Waals surface area contributed by atoms with E-state index in [0.29, 0.717) is 0 Å². The zero-order chi connectivity index (χ0) is 10.8. The van der Waals surface area contributed by atoms with Gasteiger partial charge in [0.2, 0.25) is 0 Å². The first-order valence-electron chi connectivity index (χ1n) is 5.03. The highest BCUT2D eigenvalue weighted by atomic mass is 16.1. The van der Waals surface area contributed by atoms with Crippen LogP contribution in [0, 0.1) is 0 Å². The average Bonchev–Trinajstić information content (AvgIpc) is 2.65. The first-order chi connectivity index (χ1) is 7.22. The molecule has 2 aromatic heterocycles. The molecule has 0 bridgehead atoms. The summed E-state index contributed by atoms with van der Waals surface area (Å²) in [6.07, 6.45) is 4.32. The van der Waals surface area contributed by atoms with Crippen molar-refractivity contribution in [3.05, 3.63) is 30.2 Å². The highest BCUT2D eigenvalue weighted by Crippen LogP contribution is 2.18. The molecule has 0 spiro atoms. The SMILES string of the molecule is CCC(C(C)=O)c1ccn2nccc2n1. The Morgan fingerprint density at radius 1 is 1.53 bits per heavy atom. The summed E-state index contributed by atoms with van der Waals surface area (Å²) in [5.41, 5.74) is 1.62. The monoisotopic (exact) mass is 203 g/mol. The fourth-order valence-corrected chi connectivity index (χ4v) is 1.73. The molecule has 2 rings (SSSR count). The molecule has 0 aliphatic rings. The fraction of sp³-hybridized carbons (Fsp3) is 0.364. The van der Waals surface area contributed by atoms with E-state index < -0.39 is 0 Å². The molecular formula is C11H13N3O. The smallest absolute Gasteiger partial charge is 0.155 e. The standard InChI is InChI=1S/C11H13N3O/c1-3-9(8(2)15)10-5-7-14-11(13-10)4-6-12-14/h4-7,9H,3H2,1-2H3. The molecular weight excluding hydrogens is 190 g/mol. The summed E-state index contributed by atoms with van der Waals surface area (Å²) in [5, 5.41) is 4.06. The molecule has 0 aliphatic carbocycles. The molecule has 78 valence electrons. The van der Waals surface area contributed by atoms with Gasteiger partial charge in [0.05, 0.1) is 17.8 Å². The van der Waals surface area contributed by atoms with E-state index in [1.165, 1.54) is 0 Å². The Morgan fingerprint density at radius 2 is 2.33 bits per heavy atom. The molecule has 0 radical (unpaired) electrons. The lowest BCUT2D eigenvalue weighted by atomic mass is 9.98. The van der Waals surface area contributed by atoms with Gasteiger partial charge in [-0.1, -0.05) is 6.92 Å². The summed E-state index contributed by atoms with van der Waals surface area (Å²) in [6.45, 7) is 3.60. The maximum Gasteiger partial charge on any atom is 0.155 e. The minimum Gasteiger partial charge on any atom is -0.299 e. The number of fused-ring (bicyclic) bond motifs is 1. The molecule has 1 atom stereocenters. The van der Waals surface area contributed by atoms with E-state index >= 15 is 0 Å². The molecule has 2 aromatic rings. The van der Waals surface area contributed by atoms with Crippen molar-refractivity contribution < 1.29 is 4.79 Å². The van der Waals surface area contributed by atoms with E-state index in [9.17, 15) is 4.79 Å². The minimum absolute atomic E-state index is 0.0927. The van der Waals surface area contributed by atoms with E-state index in [4.69, 9.17) is 0 Å². The molecule has 0 aromatic carbocycles. The van der Waals surface area contributed by atoms with Crippen molar-refractivity contribution in [1.82, 2.24) is 14.6 Å². The van der Waals surface area contributed by atoms with Gasteiger partial charge in [0.25, 0.3) is 0 Å². The molecule has 0 N–H and O–H groups in total. The van der Waals surface area contributed by atoms with Gasteiger partial charge in [-0.05, 0) is 19.4 Å². The van der Waals surface area contributed by atoms with Crippen LogP contribution in [0.2, 0.25) is 0 Å². The Morgan fingerprint density at radius 3 is 3.00 bits per heavy atom. The molecule has 0 fully saturated rings. The van der Waals surface area contributed by atoms with Crippen LogP contribution in [0.25, 0.3) is 5.65 Å². The van der Waals surface area contributed by atoms with Crippen LogP contribution in [0.4, 0.5) is 0 Å². The van der Waals surface area contributed by atoms with Crippen LogP contribution in [-0.4, -0.2) is 20.4 Å². The minimum atomic E-state index is -0.0927. The maximum absolute atomic E-state index is 11.4. The molecule has 1 unspecified atom stereocenters. The quantitative estimate of drug-likeness (QED) is 0.764. The summed E-state index contributed by atoms with van der Waals surface area (Å²) in [4.78, 5) is 15.8. The summed E-state index contributed by atoms with van der Waals surface area (Å²) >= 11 is 0. The van der Waals surface area contributed by atoms with Crippen LogP contribution in [-0.2, 0) is 4.79 Å². The van der Waals surface area contributed by atoms with Crippen molar-refractivity contribution >= 4 is 11.4 Å². The second kappa shape index (κ2) is 3.81.